The molecule has 0 amide bonds. The molecule has 1 N–H and O–H groups in total. The monoisotopic (exact) mass is 411 g/mol. The van der Waals surface area contributed by atoms with E-state index in [-0.39, 0.29) is 20.2 Å². The van der Waals surface area contributed by atoms with E-state index in [1.807, 2.05) is 31.2 Å². The van der Waals surface area contributed by atoms with Gasteiger partial charge in [-0.25, -0.2) is 22.7 Å². The van der Waals surface area contributed by atoms with Gasteiger partial charge in [-0.05, 0) is 37.5 Å². The van der Waals surface area contributed by atoms with Crippen LogP contribution < -0.4 is 4.72 Å². The van der Waals surface area contributed by atoms with Crippen LogP contribution in [0.5, 0.6) is 0 Å². The van der Waals surface area contributed by atoms with E-state index in [9.17, 15) is 18.0 Å². The number of hydrogen-bond donors (Lipinski definition) is 1. The maximum Gasteiger partial charge on any atom is 0.348 e. The summed E-state index contributed by atoms with van der Waals surface area (Å²) in [6.45, 7) is 5.07. The van der Waals surface area contributed by atoms with Crippen LogP contribution in [0.2, 0.25) is 0 Å². The molecule has 0 saturated heterocycles. The zero-order chi connectivity index (χ0) is 20.4. The highest BCUT2D eigenvalue weighted by molar-refractivity contribution is 7.91. The van der Waals surface area contributed by atoms with Crippen LogP contribution in [-0.4, -0.2) is 34.6 Å². The number of sulfonamides is 1. The lowest BCUT2D eigenvalue weighted by Gasteiger charge is -2.16. The number of thiophene rings is 1. The minimum atomic E-state index is -4.09. The second-order valence-corrected chi connectivity index (χ2v) is 8.83. The summed E-state index contributed by atoms with van der Waals surface area (Å²) in [6.07, 6.45) is 0. The molecule has 27 heavy (non-hydrogen) atoms. The van der Waals surface area contributed by atoms with Crippen molar-refractivity contribution in [2.45, 2.75) is 31.0 Å². The van der Waals surface area contributed by atoms with Gasteiger partial charge in [-0.15, -0.1) is 11.3 Å². The third-order valence-corrected chi connectivity index (χ3v) is 7.44. The highest BCUT2D eigenvalue weighted by Gasteiger charge is 2.33. The fourth-order valence-corrected chi connectivity index (χ4v) is 5.71. The van der Waals surface area contributed by atoms with Crippen LogP contribution in [0.4, 0.5) is 0 Å². The number of carbonyl (C=O) groups excluding carboxylic acids is 2. The fraction of sp³-hybridized carbons (Fsp3) is 0.333. The van der Waals surface area contributed by atoms with Crippen molar-refractivity contribution in [3.8, 4) is 0 Å². The second kappa shape index (κ2) is 8.20. The van der Waals surface area contributed by atoms with Crippen molar-refractivity contribution in [3.05, 3.63) is 51.4 Å². The second-order valence-electron chi connectivity index (χ2n) is 5.90. The number of esters is 2. The SMILES string of the molecule is COC(=O)c1sc(S(=O)(=O)N[C@@H](C)c2ccccc2C)c(C(=O)OC)c1C. The molecule has 1 atom stereocenters. The average Bonchev–Trinajstić information content (AvgIpc) is 2.98. The van der Waals surface area contributed by atoms with E-state index >= 15 is 0 Å². The van der Waals surface area contributed by atoms with Gasteiger partial charge in [0.05, 0.1) is 19.8 Å². The van der Waals surface area contributed by atoms with Crippen molar-refractivity contribution in [2.24, 2.45) is 0 Å². The first-order valence-corrected chi connectivity index (χ1v) is 10.3. The van der Waals surface area contributed by atoms with Gasteiger partial charge >= 0.3 is 11.9 Å². The van der Waals surface area contributed by atoms with Gasteiger partial charge in [0, 0.05) is 6.04 Å². The van der Waals surface area contributed by atoms with E-state index in [1.165, 1.54) is 14.0 Å². The zero-order valence-electron chi connectivity index (χ0n) is 15.7. The number of aryl methyl sites for hydroxylation is 1. The van der Waals surface area contributed by atoms with Crippen molar-refractivity contribution in [1.82, 2.24) is 4.72 Å². The summed E-state index contributed by atoms with van der Waals surface area (Å²) < 4.78 is 37.7. The summed E-state index contributed by atoms with van der Waals surface area (Å²) in [7, 11) is -1.76. The third-order valence-electron chi connectivity index (χ3n) is 4.11. The minimum absolute atomic E-state index is 0.0434. The highest BCUT2D eigenvalue weighted by Crippen LogP contribution is 2.34. The fourth-order valence-electron chi connectivity index (χ4n) is 2.72. The Labute approximate surface area is 162 Å². The van der Waals surface area contributed by atoms with Crippen molar-refractivity contribution >= 4 is 33.3 Å². The summed E-state index contributed by atoms with van der Waals surface area (Å²) >= 11 is 0.685. The predicted molar refractivity (Wildman–Crippen MR) is 102 cm³/mol. The Kier molecular flexibility index (Phi) is 6.40. The Bertz CT molecular complexity index is 978. The van der Waals surface area contributed by atoms with Gasteiger partial charge in [0.15, 0.2) is 4.21 Å². The third kappa shape index (κ3) is 4.20. The van der Waals surface area contributed by atoms with Gasteiger partial charge in [-0.1, -0.05) is 24.3 Å². The molecule has 2 rings (SSSR count). The lowest BCUT2D eigenvalue weighted by molar-refractivity contribution is 0.0596. The molecule has 1 aromatic carbocycles. The summed E-state index contributed by atoms with van der Waals surface area (Å²) in [5, 5.41) is 0. The van der Waals surface area contributed by atoms with Crippen LogP contribution in [0.15, 0.2) is 28.5 Å². The van der Waals surface area contributed by atoms with Gasteiger partial charge in [0.2, 0.25) is 0 Å². The number of ether oxygens (including phenoxy) is 2. The molecule has 0 bridgehead atoms. The number of methoxy groups -OCH3 is 2. The van der Waals surface area contributed by atoms with Crippen LogP contribution >= 0.6 is 11.3 Å². The lowest BCUT2D eigenvalue weighted by atomic mass is 10.0. The van der Waals surface area contributed by atoms with Crippen molar-refractivity contribution in [2.75, 3.05) is 14.2 Å². The summed E-state index contributed by atoms with van der Waals surface area (Å²) in [4.78, 5) is 24.2. The van der Waals surface area contributed by atoms with E-state index in [2.05, 4.69) is 9.46 Å². The minimum Gasteiger partial charge on any atom is -0.465 e. The van der Waals surface area contributed by atoms with Crippen LogP contribution in [0.25, 0.3) is 0 Å². The smallest absolute Gasteiger partial charge is 0.348 e. The normalized spacial score (nSPS) is 12.5. The highest BCUT2D eigenvalue weighted by atomic mass is 32.2. The average molecular weight is 412 g/mol. The Balaban J connectivity index is 2.53. The molecule has 146 valence electrons. The van der Waals surface area contributed by atoms with Crippen LogP contribution in [-0.2, 0) is 19.5 Å². The van der Waals surface area contributed by atoms with E-state index in [4.69, 9.17) is 4.74 Å². The van der Waals surface area contributed by atoms with Gasteiger partial charge in [-0.2, -0.15) is 0 Å². The van der Waals surface area contributed by atoms with Crippen LogP contribution in [0.1, 0.15) is 49.7 Å². The topological polar surface area (TPSA) is 98.8 Å². The van der Waals surface area contributed by atoms with Crippen LogP contribution in [0.3, 0.4) is 0 Å². The molecule has 0 fully saturated rings. The maximum atomic E-state index is 13.0. The predicted octanol–water partition coefficient (Wildman–Crippen LogP) is 2.98. The Hall–Kier alpha value is -2.23. The molecule has 0 saturated carbocycles. The van der Waals surface area contributed by atoms with Crippen molar-refractivity contribution in [1.29, 1.82) is 0 Å². The molecule has 0 spiro atoms. The first-order chi connectivity index (χ1) is 12.6. The van der Waals surface area contributed by atoms with Crippen molar-refractivity contribution < 1.29 is 27.5 Å². The Morgan fingerprint density at radius 1 is 1.07 bits per heavy atom. The van der Waals surface area contributed by atoms with Gasteiger partial charge in [0.1, 0.15) is 4.88 Å². The largest absolute Gasteiger partial charge is 0.465 e. The Morgan fingerprint density at radius 3 is 2.22 bits per heavy atom. The van der Waals surface area contributed by atoms with E-state index in [1.54, 1.807) is 6.92 Å². The molecular formula is C18H21NO6S2. The number of hydrogen-bond acceptors (Lipinski definition) is 7. The van der Waals surface area contributed by atoms with Gasteiger partial charge < -0.3 is 9.47 Å². The number of carbonyl (C=O) groups is 2. The van der Waals surface area contributed by atoms with E-state index in [0.29, 0.717) is 11.3 Å². The van der Waals surface area contributed by atoms with Gasteiger partial charge in [0.25, 0.3) is 10.0 Å². The maximum absolute atomic E-state index is 13.0. The lowest BCUT2D eigenvalue weighted by Crippen LogP contribution is -2.28. The number of benzene rings is 1. The molecule has 0 aliphatic carbocycles. The molecule has 0 unspecified atom stereocenters. The zero-order valence-corrected chi connectivity index (χ0v) is 17.3. The summed E-state index contributed by atoms with van der Waals surface area (Å²) in [5.74, 6) is -1.54. The van der Waals surface area contributed by atoms with Gasteiger partial charge in [-0.3, -0.25) is 0 Å². The number of nitrogens with one attached hydrogen (secondary N) is 1. The first kappa shape index (κ1) is 21.1. The summed E-state index contributed by atoms with van der Waals surface area (Å²) in [5.41, 5.74) is 1.79. The molecule has 0 aliphatic heterocycles. The molecule has 1 aromatic heterocycles. The molecule has 1 heterocycles. The Morgan fingerprint density at radius 2 is 1.67 bits per heavy atom. The molecule has 0 aliphatic rings. The molecule has 9 heteroatoms. The van der Waals surface area contributed by atoms with E-state index in [0.717, 1.165) is 18.2 Å². The molecule has 2 aromatic rings. The first-order valence-electron chi connectivity index (χ1n) is 8.01. The summed E-state index contributed by atoms with van der Waals surface area (Å²) in [6, 6.07) is 6.84. The standard InChI is InChI=1S/C18H21NO6S2/c1-10-8-6-7-9-13(10)12(3)19-27(22,23)18-14(16(20)24-4)11(2)15(26-18)17(21)25-5/h6-9,12,19H,1-5H3/t12-/m0/s1. The molecule has 7 nitrogen and oxygen atoms in total. The quantitative estimate of drug-likeness (QED) is 0.734. The van der Waals surface area contributed by atoms with E-state index < -0.39 is 28.0 Å². The molecular weight excluding hydrogens is 390 g/mol. The van der Waals surface area contributed by atoms with Crippen molar-refractivity contribution in [3.63, 3.8) is 0 Å². The number of rotatable bonds is 6. The van der Waals surface area contributed by atoms with Crippen LogP contribution in [0, 0.1) is 13.8 Å². The molecule has 0 radical (unpaired) electrons.